The Balaban J connectivity index is 3.19. The first kappa shape index (κ1) is 8.31. The molecule has 0 saturated heterocycles. The quantitative estimate of drug-likeness (QED) is 0.337. The van der Waals surface area contributed by atoms with Crippen LogP contribution in [0, 0.1) is 19.6 Å². The lowest BCUT2D eigenvalue weighted by atomic mass is 10.5. The number of aromatic nitrogens is 1. The molecule has 58 valence electrons. The second-order valence-corrected chi connectivity index (χ2v) is 2.97. The molecule has 0 fully saturated rings. The molecule has 0 aromatic carbocycles. The normalized spacial score (nSPS) is 9.64. The molecular formula is C5H2FIN2O2. The summed E-state index contributed by atoms with van der Waals surface area (Å²) in [5, 5.41) is 10.1. The lowest BCUT2D eigenvalue weighted by Gasteiger charge is -1.91. The third-order valence-corrected chi connectivity index (χ3v) is 1.56. The summed E-state index contributed by atoms with van der Waals surface area (Å²) in [6.45, 7) is 0. The zero-order valence-electron chi connectivity index (χ0n) is 5.12. The number of nitro groups is 1. The van der Waals surface area contributed by atoms with Crippen molar-refractivity contribution in [2.75, 3.05) is 0 Å². The predicted octanol–water partition coefficient (Wildman–Crippen LogP) is 1.73. The Labute approximate surface area is 74.7 Å². The van der Waals surface area contributed by atoms with Gasteiger partial charge < -0.3 is 10.1 Å². The Hall–Kier alpha value is -0.790. The predicted molar refractivity (Wildman–Crippen MR) is 43.6 cm³/mol. The second-order valence-electron chi connectivity index (χ2n) is 1.72. The van der Waals surface area contributed by atoms with Gasteiger partial charge in [0.2, 0.25) is 0 Å². The van der Waals surface area contributed by atoms with E-state index in [0.717, 1.165) is 6.07 Å². The van der Waals surface area contributed by atoms with Gasteiger partial charge in [-0.3, -0.25) is 0 Å². The van der Waals surface area contributed by atoms with Crippen LogP contribution in [0.1, 0.15) is 0 Å². The van der Waals surface area contributed by atoms with E-state index >= 15 is 0 Å². The van der Waals surface area contributed by atoms with Gasteiger partial charge in [0.15, 0.2) is 0 Å². The average Bonchev–Trinajstić information content (AvgIpc) is 1.85. The molecule has 6 heteroatoms. The van der Waals surface area contributed by atoms with E-state index in [4.69, 9.17) is 0 Å². The summed E-state index contributed by atoms with van der Waals surface area (Å²) >= 11 is 1.78. The average molecular weight is 268 g/mol. The van der Waals surface area contributed by atoms with E-state index in [1.54, 1.807) is 22.6 Å². The molecular weight excluding hydrogens is 266 g/mol. The smallest absolute Gasteiger partial charge is 0.358 e. The van der Waals surface area contributed by atoms with Gasteiger partial charge in [0.25, 0.3) is 0 Å². The fourth-order valence-electron chi connectivity index (χ4n) is 0.546. The zero-order valence-corrected chi connectivity index (χ0v) is 7.28. The fourth-order valence-corrected chi connectivity index (χ4v) is 1.08. The summed E-state index contributed by atoms with van der Waals surface area (Å²) in [5.74, 6) is -1.29. The van der Waals surface area contributed by atoms with Gasteiger partial charge in [-0.15, -0.1) is 0 Å². The van der Waals surface area contributed by atoms with Crippen molar-refractivity contribution in [3.63, 3.8) is 0 Å². The molecule has 0 saturated carbocycles. The number of hydrogen-bond donors (Lipinski definition) is 0. The van der Waals surface area contributed by atoms with Crippen molar-refractivity contribution >= 4 is 28.4 Å². The van der Waals surface area contributed by atoms with Gasteiger partial charge in [-0.25, -0.2) is 0 Å². The molecule has 0 aliphatic carbocycles. The topological polar surface area (TPSA) is 56.0 Å². The van der Waals surface area contributed by atoms with Crippen molar-refractivity contribution in [1.29, 1.82) is 0 Å². The number of rotatable bonds is 1. The number of nitrogens with zero attached hydrogens (tertiary/aromatic N) is 2. The third kappa shape index (κ3) is 2.07. The first-order chi connectivity index (χ1) is 5.09. The molecule has 1 rings (SSSR count). The van der Waals surface area contributed by atoms with Crippen LogP contribution in [0.3, 0.4) is 0 Å². The molecule has 0 unspecified atom stereocenters. The molecule has 0 amide bonds. The lowest BCUT2D eigenvalue weighted by Crippen LogP contribution is -1.94. The van der Waals surface area contributed by atoms with E-state index in [1.165, 1.54) is 6.07 Å². The summed E-state index contributed by atoms with van der Waals surface area (Å²) in [7, 11) is 0. The Morgan fingerprint density at radius 2 is 2.27 bits per heavy atom. The Morgan fingerprint density at radius 3 is 2.73 bits per heavy atom. The van der Waals surface area contributed by atoms with Gasteiger partial charge in [-0.1, -0.05) is 0 Å². The van der Waals surface area contributed by atoms with Crippen molar-refractivity contribution in [3.05, 3.63) is 31.8 Å². The molecule has 1 aromatic heterocycles. The lowest BCUT2D eigenvalue weighted by molar-refractivity contribution is -0.390. The van der Waals surface area contributed by atoms with Crippen LogP contribution in [0.2, 0.25) is 0 Å². The van der Waals surface area contributed by atoms with E-state index < -0.39 is 16.7 Å². The summed E-state index contributed by atoms with van der Waals surface area (Å²) in [4.78, 5) is 12.4. The van der Waals surface area contributed by atoms with Gasteiger partial charge >= 0.3 is 11.8 Å². The maximum atomic E-state index is 12.4. The SMILES string of the molecule is O=[N+]([O-])c1cc(I)cc(F)n1. The number of halogens is 2. The van der Waals surface area contributed by atoms with E-state index in [1.807, 2.05) is 0 Å². The summed E-state index contributed by atoms with van der Waals surface area (Å²) < 4.78 is 12.8. The Kier molecular flexibility index (Phi) is 2.32. The maximum absolute atomic E-state index is 12.4. The minimum absolute atomic E-state index is 0.460. The van der Waals surface area contributed by atoms with Gasteiger partial charge in [0.05, 0.1) is 0 Å². The molecule has 11 heavy (non-hydrogen) atoms. The van der Waals surface area contributed by atoms with Crippen LogP contribution in [0.25, 0.3) is 0 Å². The Morgan fingerprint density at radius 1 is 1.64 bits per heavy atom. The molecule has 1 aromatic rings. The summed E-state index contributed by atoms with van der Waals surface area (Å²) in [6.07, 6.45) is 0. The maximum Gasteiger partial charge on any atom is 0.367 e. The first-order valence-corrected chi connectivity index (χ1v) is 3.65. The van der Waals surface area contributed by atoms with E-state index in [0.29, 0.717) is 3.57 Å². The highest BCUT2D eigenvalue weighted by molar-refractivity contribution is 14.1. The molecule has 0 aliphatic heterocycles. The fraction of sp³-hybridized carbons (Fsp3) is 0. The third-order valence-electron chi connectivity index (χ3n) is 0.932. The highest BCUT2D eigenvalue weighted by atomic mass is 127. The number of hydrogen-bond acceptors (Lipinski definition) is 3. The zero-order chi connectivity index (χ0) is 8.43. The molecule has 0 aliphatic rings. The van der Waals surface area contributed by atoms with Crippen molar-refractivity contribution in [3.8, 4) is 0 Å². The van der Waals surface area contributed by atoms with Crippen molar-refractivity contribution in [1.82, 2.24) is 4.98 Å². The monoisotopic (exact) mass is 268 g/mol. The largest absolute Gasteiger partial charge is 0.367 e. The van der Waals surface area contributed by atoms with Crippen LogP contribution in [0.15, 0.2) is 12.1 Å². The van der Waals surface area contributed by atoms with Crippen LogP contribution in [-0.4, -0.2) is 9.91 Å². The van der Waals surface area contributed by atoms with Crippen molar-refractivity contribution in [2.24, 2.45) is 0 Å². The minimum atomic E-state index is -0.830. The van der Waals surface area contributed by atoms with Crippen LogP contribution in [0.5, 0.6) is 0 Å². The standard InChI is InChI=1S/C5H2FIN2O2/c6-4-1-3(7)2-5(8-4)9(10)11/h1-2H. The first-order valence-electron chi connectivity index (χ1n) is 2.57. The molecule has 0 radical (unpaired) electrons. The van der Waals surface area contributed by atoms with Crippen LogP contribution in [0.4, 0.5) is 10.2 Å². The Bertz CT molecular complexity index is 284. The van der Waals surface area contributed by atoms with Gasteiger partial charge in [-0.05, 0) is 32.5 Å². The van der Waals surface area contributed by atoms with E-state index in [-0.39, 0.29) is 0 Å². The van der Waals surface area contributed by atoms with Crippen LogP contribution in [-0.2, 0) is 0 Å². The molecule has 0 bridgehead atoms. The minimum Gasteiger partial charge on any atom is -0.358 e. The van der Waals surface area contributed by atoms with Crippen LogP contribution < -0.4 is 0 Å². The molecule has 4 nitrogen and oxygen atoms in total. The molecule has 0 N–H and O–H groups in total. The number of pyridine rings is 1. The summed E-state index contributed by atoms with van der Waals surface area (Å²) in [6, 6.07) is 2.32. The molecule has 1 heterocycles. The van der Waals surface area contributed by atoms with Gasteiger partial charge in [0.1, 0.15) is 0 Å². The van der Waals surface area contributed by atoms with E-state index in [2.05, 4.69) is 4.98 Å². The molecule has 0 atom stereocenters. The van der Waals surface area contributed by atoms with Crippen molar-refractivity contribution < 1.29 is 9.31 Å². The van der Waals surface area contributed by atoms with Crippen molar-refractivity contribution in [2.45, 2.75) is 0 Å². The van der Waals surface area contributed by atoms with Gasteiger partial charge in [0, 0.05) is 15.7 Å². The van der Waals surface area contributed by atoms with Crippen LogP contribution >= 0.6 is 22.6 Å². The highest BCUT2D eigenvalue weighted by Gasteiger charge is 2.10. The van der Waals surface area contributed by atoms with Gasteiger partial charge in [-0.2, -0.15) is 4.39 Å². The molecule has 0 spiro atoms. The summed E-state index contributed by atoms with van der Waals surface area (Å²) in [5.41, 5.74) is 0. The second kappa shape index (κ2) is 3.07. The van der Waals surface area contributed by atoms with E-state index in [9.17, 15) is 14.5 Å². The highest BCUT2D eigenvalue weighted by Crippen LogP contribution is 2.13.